The number of phosphoric ester groups is 1. The van der Waals surface area contributed by atoms with Gasteiger partial charge < -0.3 is 19.5 Å². The third kappa shape index (κ3) is 11.3. The summed E-state index contributed by atoms with van der Waals surface area (Å²) in [7, 11) is -6.32. The van der Waals surface area contributed by atoms with Crippen LogP contribution in [0.1, 0.15) is 114 Å². The van der Waals surface area contributed by atoms with Crippen LogP contribution in [0.4, 0.5) is 0 Å². The molecule has 13 heteroatoms. The molecule has 55 heavy (non-hydrogen) atoms. The highest BCUT2D eigenvalue weighted by atomic mass is 35.5. The summed E-state index contributed by atoms with van der Waals surface area (Å²) in [6.07, 6.45) is 3.83. The van der Waals surface area contributed by atoms with E-state index >= 15 is 0 Å². The van der Waals surface area contributed by atoms with E-state index in [1.165, 1.54) is 5.56 Å². The van der Waals surface area contributed by atoms with Crippen molar-refractivity contribution in [2.75, 3.05) is 13.2 Å². The van der Waals surface area contributed by atoms with Gasteiger partial charge in [0.15, 0.2) is 14.9 Å². The van der Waals surface area contributed by atoms with Crippen LogP contribution in [0.2, 0.25) is 23.2 Å². The van der Waals surface area contributed by atoms with Gasteiger partial charge in [0.05, 0.1) is 29.5 Å². The molecule has 0 spiro atoms. The predicted octanol–water partition coefficient (Wildman–Crippen LogP) is 11.2. The van der Waals surface area contributed by atoms with Crippen molar-refractivity contribution in [2.45, 2.75) is 129 Å². The monoisotopic (exact) mass is 812 g/mol. The minimum absolute atomic E-state index is 0.0585. The van der Waals surface area contributed by atoms with E-state index in [4.69, 9.17) is 40.1 Å². The Kier molecular flexibility index (Phi) is 12.6. The molecule has 1 unspecified atom stereocenters. The van der Waals surface area contributed by atoms with Gasteiger partial charge in [-0.1, -0.05) is 50.6 Å². The average molecular weight is 813 g/mol. The molecular formula is C42H58ClN2O8PSi. The minimum Gasteiger partial charge on any atom is -0.485 e. The predicted molar refractivity (Wildman–Crippen MR) is 223 cm³/mol. The van der Waals surface area contributed by atoms with Crippen LogP contribution in [0, 0.1) is 0 Å². The lowest BCUT2D eigenvalue weighted by atomic mass is 10.0. The zero-order chi connectivity index (χ0) is 40.7. The highest BCUT2D eigenvalue weighted by Crippen LogP contribution is 2.56. The Morgan fingerprint density at radius 1 is 0.909 bits per heavy atom. The van der Waals surface area contributed by atoms with Crippen molar-refractivity contribution in [3.05, 3.63) is 76.4 Å². The number of rotatable bonds is 16. The van der Waals surface area contributed by atoms with Crippen molar-refractivity contribution in [3.63, 3.8) is 0 Å². The molecule has 300 valence electrons. The van der Waals surface area contributed by atoms with Crippen LogP contribution in [0.15, 0.2) is 54.7 Å². The van der Waals surface area contributed by atoms with Crippen LogP contribution < -0.4 is 10.5 Å². The molecule has 2 N–H and O–H groups in total. The molecule has 0 saturated heterocycles. The first-order valence-electron chi connectivity index (χ1n) is 19.0. The fraction of sp³-hybridized carbons (Fsp3) is 0.524. The van der Waals surface area contributed by atoms with E-state index < -0.39 is 39.4 Å². The van der Waals surface area contributed by atoms with Crippen LogP contribution in [0.25, 0.3) is 21.7 Å². The molecule has 1 aromatic heterocycles. The topological polar surface area (TPSA) is 128 Å². The number of nitrogens with zero attached hydrogens (tertiary/aromatic N) is 1. The number of primary amides is 1. The van der Waals surface area contributed by atoms with Gasteiger partial charge in [0.2, 0.25) is 5.78 Å². The van der Waals surface area contributed by atoms with Crippen LogP contribution in [0.3, 0.4) is 0 Å². The zero-order valence-electron chi connectivity index (χ0n) is 34.2. The quantitative estimate of drug-likeness (QED) is 0.0673. The molecular weight excluding hydrogens is 755 g/mol. The molecule has 1 amide bonds. The number of amides is 1. The molecule has 0 bridgehead atoms. The van der Waals surface area contributed by atoms with E-state index in [9.17, 15) is 14.2 Å². The second-order valence-electron chi connectivity index (χ2n) is 18.1. The van der Waals surface area contributed by atoms with Gasteiger partial charge in [-0.2, -0.15) is 0 Å². The number of ketones is 1. The maximum Gasteiger partial charge on any atom is 0.476 e. The van der Waals surface area contributed by atoms with Gasteiger partial charge in [0.1, 0.15) is 5.75 Å². The molecule has 1 atom stereocenters. The molecule has 5 rings (SSSR count). The molecule has 1 aliphatic carbocycles. The number of fused-ring (bicyclic) bond motifs is 2. The van der Waals surface area contributed by atoms with Crippen LogP contribution in [-0.4, -0.2) is 55.1 Å². The molecule has 1 saturated carbocycles. The standard InChI is InChI=1S/C42H58ClN2O8PSi/c1-40(2,3)52-54(48,53-41(4,5)6)51-32(25-50-55(10,11)42(7,8)9)18-19-45-24-35(33-17-15-28(22-36(33)45)27-12-13-27)37(46)26-49-38-23-29-14-16-31(43)20-30(29)21-34(38)39(44)47/h14-17,20-24,27,32H,12-13,18-19,25-26H2,1-11H3,(H2,44,47). The van der Waals surface area contributed by atoms with Crippen molar-refractivity contribution in [3.8, 4) is 5.75 Å². The maximum atomic E-state index is 14.4. The zero-order valence-corrected chi connectivity index (χ0v) is 36.9. The number of halogens is 1. The van der Waals surface area contributed by atoms with E-state index in [0.717, 1.165) is 34.5 Å². The van der Waals surface area contributed by atoms with Crippen molar-refractivity contribution in [1.82, 2.24) is 4.57 Å². The number of nitrogens with two attached hydrogens (primary N) is 1. The van der Waals surface area contributed by atoms with Crippen molar-refractivity contribution < 1.29 is 36.9 Å². The summed E-state index contributed by atoms with van der Waals surface area (Å²) in [5, 5.41) is 2.78. The molecule has 10 nitrogen and oxygen atoms in total. The largest absolute Gasteiger partial charge is 0.485 e. The minimum atomic E-state index is -4.09. The van der Waals surface area contributed by atoms with Crippen LogP contribution in [0.5, 0.6) is 5.75 Å². The summed E-state index contributed by atoms with van der Waals surface area (Å²) >= 11 is 6.18. The summed E-state index contributed by atoms with van der Waals surface area (Å²) in [5.41, 5.74) is 6.87. The third-order valence-corrected chi connectivity index (χ3v) is 16.8. The summed E-state index contributed by atoms with van der Waals surface area (Å²) in [6.45, 7) is 22.0. The van der Waals surface area contributed by atoms with Gasteiger partial charge in [-0.05, 0) is 132 Å². The fourth-order valence-electron chi connectivity index (χ4n) is 6.05. The first-order valence-corrected chi connectivity index (χ1v) is 23.7. The molecule has 0 aliphatic heterocycles. The Morgan fingerprint density at radius 3 is 2.15 bits per heavy atom. The van der Waals surface area contributed by atoms with E-state index in [2.05, 4.69) is 46.0 Å². The van der Waals surface area contributed by atoms with Gasteiger partial charge in [0.25, 0.3) is 5.91 Å². The number of carbonyl (C=O) groups is 2. The van der Waals surface area contributed by atoms with E-state index in [1.807, 2.05) is 64.4 Å². The summed E-state index contributed by atoms with van der Waals surface area (Å²) in [5.74, 6) is -0.218. The molecule has 1 fully saturated rings. The van der Waals surface area contributed by atoms with Crippen LogP contribution in [-0.2, 0) is 29.1 Å². The fourth-order valence-corrected chi connectivity index (χ4v) is 9.26. The average Bonchev–Trinajstić information content (AvgIpc) is 3.83. The SMILES string of the molecule is CC(C)(C)OP(=O)(OC(CCn1cc(C(=O)COc2cc3ccc(Cl)cc3cc2C(N)=O)c2ccc(C3CC3)cc21)CO[Si](C)(C)C(C)(C)C)OC(C)(C)C. The molecule has 3 aromatic carbocycles. The second kappa shape index (κ2) is 16.1. The van der Waals surface area contributed by atoms with Gasteiger partial charge >= 0.3 is 7.82 Å². The van der Waals surface area contributed by atoms with Crippen molar-refractivity contribution in [1.29, 1.82) is 0 Å². The maximum absolute atomic E-state index is 14.4. The Morgan fingerprint density at radius 2 is 1.56 bits per heavy atom. The number of ether oxygens (including phenoxy) is 1. The molecule has 0 radical (unpaired) electrons. The number of carbonyl (C=O) groups excluding carboxylic acids is 2. The first-order chi connectivity index (χ1) is 25.3. The molecule has 4 aromatic rings. The number of hydrogen-bond donors (Lipinski definition) is 1. The normalized spacial score (nSPS) is 15.1. The van der Waals surface area contributed by atoms with E-state index in [1.54, 1.807) is 24.3 Å². The van der Waals surface area contributed by atoms with Gasteiger partial charge in [-0.3, -0.25) is 23.2 Å². The number of benzene rings is 3. The second-order valence-corrected chi connectivity index (χ2v) is 24.9. The molecule has 1 heterocycles. The number of aromatic nitrogens is 1. The van der Waals surface area contributed by atoms with Crippen molar-refractivity contribution >= 4 is 61.1 Å². The number of Topliss-reactive ketones (excluding diaryl/α,β-unsaturated/α-hetero) is 1. The third-order valence-electron chi connectivity index (χ3n) is 9.96. The van der Waals surface area contributed by atoms with Gasteiger partial charge in [-0.15, -0.1) is 0 Å². The summed E-state index contributed by atoms with van der Waals surface area (Å²) in [4.78, 5) is 26.4. The van der Waals surface area contributed by atoms with E-state index in [-0.39, 0.29) is 35.3 Å². The van der Waals surface area contributed by atoms with Gasteiger partial charge in [-0.25, -0.2) is 4.57 Å². The highest BCUT2D eigenvalue weighted by Gasteiger charge is 2.42. The smallest absolute Gasteiger partial charge is 0.476 e. The number of hydrogen-bond acceptors (Lipinski definition) is 8. The van der Waals surface area contributed by atoms with Gasteiger partial charge in [0, 0.05) is 34.2 Å². The summed E-state index contributed by atoms with van der Waals surface area (Å²) in [6, 6.07) is 14.9. The lowest BCUT2D eigenvalue weighted by molar-refractivity contribution is -0.0213. The Bertz CT molecular complexity index is 2090. The molecule has 1 aliphatic rings. The lowest BCUT2D eigenvalue weighted by Crippen LogP contribution is -2.43. The van der Waals surface area contributed by atoms with E-state index in [0.29, 0.717) is 29.5 Å². The Balaban J connectivity index is 1.45. The Labute approximate surface area is 332 Å². The highest BCUT2D eigenvalue weighted by molar-refractivity contribution is 7.48. The summed E-state index contributed by atoms with van der Waals surface area (Å²) < 4.78 is 47.5. The van der Waals surface area contributed by atoms with Crippen LogP contribution >= 0.6 is 19.4 Å². The first kappa shape index (κ1) is 43.1. The number of aryl methyl sites for hydroxylation is 1. The number of phosphoric acid groups is 1. The Hall–Kier alpha value is -3.02. The van der Waals surface area contributed by atoms with Crippen molar-refractivity contribution in [2.24, 2.45) is 5.73 Å². The lowest BCUT2D eigenvalue weighted by Gasteiger charge is -2.38.